The zero-order valence-corrected chi connectivity index (χ0v) is 8.83. The first-order valence-corrected chi connectivity index (χ1v) is 4.82. The Balaban J connectivity index is 0.000000853. The van der Waals surface area contributed by atoms with Crippen molar-refractivity contribution in [1.29, 1.82) is 0 Å². The van der Waals surface area contributed by atoms with Crippen molar-refractivity contribution in [3.8, 4) is 0 Å². The topological polar surface area (TPSA) is 0 Å². The Kier molecular flexibility index (Phi) is 3.30. The summed E-state index contributed by atoms with van der Waals surface area (Å²) in [5.74, 6) is 0. The van der Waals surface area contributed by atoms with Gasteiger partial charge in [0.15, 0.2) is 0 Å². The van der Waals surface area contributed by atoms with Crippen LogP contribution in [0.2, 0.25) is 0 Å². The molecule has 0 saturated carbocycles. The Hall–Kier alpha value is -0.560. The minimum atomic E-state index is 0. The summed E-state index contributed by atoms with van der Waals surface area (Å²) in [6.45, 7) is 0. The fourth-order valence-electron chi connectivity index (χ4n) is 1.95. The van der Waals surface area contributed by atoms with Crippen LogP contribution in [-0.4, -0.2) is 0 Å². The number of fused-ring (bicyclic) bond motifs is 3. The molecule has 0 bridgehead atoms. The van der Waals surface area contributed by atoms with Crippen molar-refractivity contribution in [1.82, 2.24) is 0 Å². The van der Waals surface area contributed by atoms with E-state index < -0.39 is 0 Å². The van der Waals surface area contributed by atoms with Gasteiger partial charge in [0.1, 0.15) is 0 Å². The first kappa shape index (κ1) is 10.9. The van der Waals surface area contributed by atoms with Crippen molar-refractivity contribution in [2.24, 2.45) is 0 Å². The molecule has 0 aromatic heterocycles. The average Bonchev–Trinajstić information content (AvgIpc) is 2.29. The average molecular weight is 218 g/mol. The summed E-state index contributed by atoms with van der Waals surface area (Å²) in [5, 5.41) is 5.30. The predicted octanol–water partition coefficient (Wildman–Crippen LogP) is 3.99. The molecule has 0 aliphatic rings. The van der Waals surface area contributed by atoms with Crippen LogP contribution >= 0.6 is 0 Å². The Morgan fingerprint density at radius 2 is 0.867 bits per heavy atom. The van der Waals surface area contributed by atoms with E-state index in [0.29, 0.717) is 0 Å². The fourth-order valence-corrected chi connectivity index (χ4v) is 1.95. The molecule has 0 N–H and O–H groups in total. The minimum absolute atomic E-state index is 0. The zero-order chi connectivity index (χ0) is 9.38. The van der Waals surface area contributed by atoms with Crippen LogP contribution in [0, 0.1) is 37.7 Å². The molecule has 3 aromatic rings. The molecular formula is C14H10Ar. The van der Waals surface area contributed by atoms with Crippen LogP contribution in [0.5, 0.6) is 0 Å². The van der Waals surface area contributed by atoms with E-state index in [1.54, 1.807) is 0 Å². The third kappa shape index (κ3) is 1.90. The summed E-state index contributed by atoms with van der Waals surface area (Å²) >= 11 is 0. The second kappa shape index (κ2) is 4.52. The van der Waals surface area contributed by atoms with Gasteiger partial charge in [-0.25, -0.2) is 0 Å². The third-order valence-corrected chi connectivity index (χ3v) is 2.65. The van der Waals surface area contributed by atoms with Gasteiger partial charge in [-0.1, -0.05) is 60.7 Å². The molecule has 0 spiro atoms. The molecule has 3 aromatic carbocycles. The van der Waals surface area contributed by atoms with Crippen molar-refractivity contribution in [2.45, 2.75) is 0 Å². The van der Waals surface area contributed by atoms with Crippen LogP contribution < -0.4 is 0 Å². The van der Waals surface area contributed by atoms with Crippen molar-refractivity contribution >= 4 is 21.5 Å². The second-order valence-electron chi connectivity index (χ2n) is 3.51. The minimum Gasteiger partial charge on any atom is -0.0616 e. The summed E-state index contributed by atoms with van der Waals surface area (Å²) in [6, 6.07) is 21.4. The van der Waals surface area contributed by atoms with Crippen molar-refractivity contribution < 1.29 is 37.7 Å². The predicted molar refractivity (Wildman–Crippen MR) is 61.5 cm³/mol. The van der Waals surface area contributed by atoms with Gasteiger partial charge in [-0.05, 0) is 21.5 Å². The smallest absolute Gasteiger partial charge is 0 e. The van der Waals surface area contributed by atoms with Crippen LogP contribution in [0.3, 0.4) is 0 Å². The van der Waals surface area contributed by atoms with Crippen LogP contribution in [0.1, 0.15) is 0 Å². The van der Waals surface area contributed by atoms with Crippen molar-refractivity contribution in [2.75, 3.05) is 0 Å². The Morgan fingerprint density at radius 1 is 0.467 bits per heavy atom. The maximum absolute atomic E-state index is 2.18. The standard InChI is InChI=1S/C14H10.Ar/c1-3-7-13-11(5-1)9-10-12-6-2-4-8-14(12)13;/h1-10H;. The van der Waals surface area contributed by atoms with Gasteiger partial charge in [0.2, 0.25) is 0 Å². The largest absolute Gasteiger partial charge is 0.0616 e. The van der Waals surface area contributed by atoms with Crippen LogP contribution in [0.15, 0.2) is 60.7 Å². The van der Waals surface area contributed by atoms with Gasteiger partial charge in [-0.2, -0.15) is 0 Å². The number of hydrogen-bond acceptors (Lipinski definition) is 0. The van der Waals surface area contributed by atoms with Crippen LogP contribution in [0.4, 0.5) is 0 Å². The first-order chi connectivity index (χ1) is 6.95. The molecule has 0 unspecified atom stereocenters. The third-order valence-electron chi connectivity index (χ3n) is 2.65. The molecule has 0 radical (unpaired) electrons. The number of hydrogen-bond donors (Lipinski definition) is 0. The maximum Gasteiger partial charge on any atom is 0 e. The van der Waals surface area contributed by atoms with Gasteiger partial charge in [-0.3, -0.25) is 0 Å². The van der Waals surface area contributed by atoms with Gasteiger partial charge in [-0.15, -0.1) is 0 Å². The van der Waals surface area contributed by atoms with E-state index in [2.05, 4.69) is 60.7 Å². The molecule has 0 heterocycles. The Morgan fingerprint density at radius 3 is 1.33 bits per heavy atom. The van der Waals surface area contributed by atoms with Gasteiger partial charge >= 0.3 is 0 Å². The van der Waals surface area contributed by atoms with E-state index in [1.165, 1.54) is 21.5 Å². The summed E-state index contributed by atoms with van der Waals surface area (Å²) in [4.78, 5) is 0. The van der Waals surface area contributed by atoms with E-state index in [9.17, 15) is 0 Å². The van der Waals surface area contributed by atoms with Gasteiger partial charge in [0, 0.05) is 37.7 Å². The SMILES string of the molecule is [Ar].c1ccc2c(c1)ccc1ccccc12. The van der Waals surface area contributed by atoms with Crippen LogP contribution in [-0.2, 0) is 0 Å². The molecule has 0 aliphatic carbocycles. The second-order valence-corrected chi connectivity index (χ2v) is 3.51. The molecule has 0 fully saturated rings. The number of benzene rings is 3. The van der Waals surface area contributed by atoms with E-state index in [0.717, 1.165) is 0 Å². The van der Waals surface area contributed by atoms with Gasteiger partial charge in [0.25, 0.3) is 0 Å². The molecule has 0 nitrogen and oxygen atoms in total. The molecule has 0 atom stereocenters. The molecule has 3 rings (SSSR count). The molecule has 15 heavy (non-hydrogen) atoms. The molecule has 0 aliphatic heterocycles. The molecule has 0 saturated heterocycles. The van der Waals surface area contributed by atoms with E-state index in [-0.39, 0.29) is 37.7 Å². The molecular weight excluding hydrogens is 208 g/mol. The summed E-state index contributed by atoms with van der Waals surface area (Å²) in [5.41, 5.74) is 0. The van der Waals surface area contributed by atoms with Gasteiger partial charge in [0.05, 0.1) is 0 Å². The Labute approximate surface area is 119 Å². The van der Waals surface area contributed by atoms with Crippen LogP contribution in [0.25, 0.3) is 21.5 Å². The summed E-state index contributed by atoms with van der Waals surface area (Å²) in [7, 11) is 0. The molecule has 74 valence electrons. The summed E-state index contributed by atoms with van der Waals surface area (Å²) in [6.07, 6.45) is 0. The Bertz CT molecular complexity index is 544. The number of rotatable bonds is 0. The molecule has 1 heteroatoms. The van der Waals surface area contributed by atoms with E-state index in [4.69, 9.17) is 0 Å². The molecule has 0 amide bonds. The van der Waals surface area contributed by atoms with Gasteiger partial charge < -0.3 is 0 Å². The quantitative estimate of drug-likeness (QED) is 0.500. The summed E-state index contributed by atoms with van der Waals surface area (Å²) < 4.78 is 0. The van der Waals surface area contributed by atoms with Crippen molar-refractivity contribution in [3.05, 3.63) is 60.7 Å². The van der Waals surface area contributed by atoms with E-state index in [1.807, 2.05) is 0 Å². The van der Waals surface area contributed by atoms with Crippen molar-refractivity contribution in [3.63, 3.8) is 0 Å². The normalized spacial score (nSPS) is 10.1. The monoisotopic (exact) mass is 218 g/mol. The fraction of sp³-hybridized carbons (Fsp3) is 0. The first-order valence-electron chi connectivity index (χ1n) is 4.82. The van der Waals surface area contributed by atoms with E-state index >= 15 is 0 Å². The maximum atomic E-state index is 2.18. The zero-order valence-electron chi connectivity index (χ0n) is 8.13.